The van der Waals surface area contributed by atoms with E-state index in [1.54, 1.807) is 24.5 Å². The average Bonchev–Trinajstić information content (AvgIpc) is 2.78. The first-order valence-corrected chi connectivity index (χ1v) is 5.58. The molecule has 0 aliphatic heterocycles. The molecular weight excluding hydrogens is 222 g/mol. The van der Waals surface area contributed by atoms with E-state index in [9.17, 15) is 4.79 Å². The molecule has 0 saturated carbocycles. The van der Waals surface area contributed by atoms with Crippen LogP contribution in [-0.4, -0.2) is 9.78 Å². The van der Waals surface area contributed by atoms with Crippen LogP contribution in [0.15, 0.2) is 28.4 Å². The van der Waals surface area contributed by atoms with Gasteiger partial charge in [0.25, 0.3) is 5.56 Å². The van der Waals surface area contributed by atoms with Crippen LogP contribution in [-0.2, 0) is 13.5 Å². The molecule has 0 aromatic carbocycles. The van der Waals surface area contributed by atoms with Crippen molar-refractivity contribution in [2.45, 2.75) is 6.42 Å². The average molecular weight is 231 g/mol. The first-order valence-electron chi connectivity index (χ1n) is 4.70. The minimum Gasteiger partial charge on any atom is -0.267 e. The second kappa shape index (κ2) is 4.29. The van der Waals surface area contributed by atoms with Crippen LogP contribution in [0.3, 0.4) is 0 Å². The molecule has 5 heteroatoms. The third-order valence-electron chi connectivity index (χ3n) is 2.18. The number of nitriles is 1. The van der Waals surface area contributed by atoms with Crippen LogP contribution in [0.1, 0.15) is 5.56 Å². The van der Waals surface area contributed by atoms with Gasteiger partial charge in [-0.15, -0.1) is 11.3 Å². The Hall–Kier alpha value is -1.93. The molecule has 2 heterocycles. The standard InChI is InChI=1S/C11H9N3OS/c1-14-11(15)8(4-5-12)7-9(13-14)10-3-2-6-16-10/h2-3,6-7H,4H2,1H3. The van der Waals surface area contributed by atoms with Gasteiger partial charge in [-0.2, -0.15) is 10.4 Å². The van der Waals surface area contributed by atoms with Crippen molar-refractivity contribution in [2.24, 2.45) is 7.05 Å². The fourth-order valence-corrected chi connectivity index (χ4v) is 2.11. The largest absolute Gasteiger partial charge is 0.270 e. The molecule has 80 valence electrons. The maximum atomic E-state index is 11.6. The normalized spacial score (nSPS) is 10.0. The predicted molar refractivity (Wildman–Crippen MR) is 62.1 cm³/mol. The van der Waals surface area contributed by atoms with Gasteiger partial charge in [0.05, 0.1) is 17.4 Å². The second-order valence-electron chi connectivity index (χ2n) is 3.30. The Morgan fingerprint density at radius 1 is 1.62 bits per heavy atom. The van der Waals surface area contributed by atoms with Gasteiger partial charge in [0, 0.05) is 12.6 Å². The Kier molecular flexibility index (Phi) is 2.84. The summed E-state index contributed by atoms with van der Waals surface area (Å²) in [4.78, 5) is 12.6. The summed E-state index contributed by atoms with van der Waals surface area (Å²) in [6.45, 7) is 0. The number of rotatable bonds is 2. The highest BCUT2D eigenvalue weighted by Gasteiger charge is 2.08. The summed E-state index contributed by atoms with van der Waals surface area (Å²) in [6.07, 6.45) is 0.119. The zero-order valence-electron chi connectivity index (χ0n) is 8.67. The fraction of sp³-hybridized carbons (Fsp3) is 0.182. The van der Waals surface area contributed by atoms with Crippen molar-refractivity contribution in [3.8, 4) is 16.6 Å². The van der Waals surface area contributed by atoms with Crippen LogP contribution in [0.2, 0.25) is 0 Å². The van der Waals surface area contributed by atoms with Crippen molar-refractivity contribution in [3.63, 3.8) is 0 Å². The van der Waals surface area contributed by atoms with Crippen LogP contribution in [0, 0.1) is 11.3 Å². The Morgan fingerprint density at radius 2 is 2.44 bits per heavy atom. The van der Waals surface area contributed by atoms with Gasteiger partial charge in [0.2, 0.25) is 0 Å². The summed E-state index contributed by atoms with van der Waals surface area (Å²) in [6, 6.07) is 7.54. The maximum Gasteiger partial charge on any atom is 0.270 e. The quantitative estimate of drug-likeness (QED) is 0.788. The van der Waals surface area contributed by atoms with Gasteiger partial charge in [-0.3, -0.25) is 4.79 Å². The molecule has 2 aromatic heterocycles. The van der Waals surface area contributed by atoms with E-state index in [4.69, 9.17) is 5.26 Å². The molecule has 4 nitrogen and oxygen atoms in total. The Bertz CT molecular complexity index is 593. The van der Waals surface area contributed by atoms with Gasteiger partial charge in [0.15, 0.2) is 0 Å². The Morgan fingerprint density at radius 3 is 3.06 bits per heavy atom. The van der Waals surface area contributed by atoms with E-state index < -0.39 is 0 Å². The van der Waals surface area contributed by atoms with Gasteiger partial charge in [-0.05, 0) is 17.5 Å². The van der Waals surface area contributed by atoms with E-state index >= 15 is 0 Å². The zero-order valence-corrected chi connectivity index (χ0v) is 9.49. The zero-order chi connectivity index (χ0) is 11.5. The summed E-state index contributed by atoms with van der Waals surface area (Å²) in [5.74, 6) is 0. The molecule has 0 saturated heterocycles. The molecule has 0 radical (unpaired) electrons. The minimum atomic E-state index is -0.207. The lowest BCUT2D eigenvalue weighted by Gasteiger charge is -2.03. The summed E-state index contributed by atoms with van der Waals surface area (Å²) in [5.41, 5.74) is 1.02. The van der Waals surface area contributed by atoms with Gasteiger partial charge < -0.3 is 0 Å². The summed E-state index contributed by atoms with van der Waals surface area (Å²) < 4.78 is 1.28. The SMILES string of the molecule is Cn1nc(-c2cccs2)cc(CC#N)c1=O. The number of aryl methyl sites for hydroxylation is 1. The summed E-state index contributed by atoms with van der Waals surface area (Å²) in [5, 5.41) is 14.8. The van der Waals surface area contributed by atoms with Crippen molar-refractivity contribution < 1.29 is 0 Å². The topological polar surface area (TPSA) is 58.7 Å². The molecular formula is C11H9N3OS. The lowest BCUT2D eigenvalue weighted by atomic mass is 10.2. The number of aromatic nitrogens is 2. The third kappa shape index (κ3) is 1.88. The van der Waals surface area contributed by atoms with Crippen molar-refractivity contribution in [2.75, 3.05) is 0 Å². The van der Waals surface area contributed by atoms with E-state index in [0.717, 1.165) is 10.6 Å². The molecule has 0 bridgehead atoms. The van der Waals surface area contributed by atoms with E-state index in [1.807, 2.05) is 23.6 Å². The Balaban J connectivity index is 2.58. The first kappa shape index (κ1) is 10.6. The molecule has 0 spiro atoms. The maximum absolute atomic E-state index is 11.6. The highest BCUT2D eigenvalue weighted by atomic mass is 32.1. The number of hydrogen-bond acceptors (Lipinski definition) is 4. The van der Waals surface area contributed by atoms with Crippen molar-refractivity contribution in [1.82, 2.24) is 9.78 Å². The van der Waals surface area contributed by atoms with E-state index in [-0.39, 0.29) is 12.0 Å². The van der Waals surface area contributed by atoms with Gasteiger partial charge in [0.1, 0.15) is 5.69 Å². The second-order valence-corrected chi connectivity index (χ2v) is 4.24. The van der Waals surface area contributed by atoms with Crippen molar-refractivity contribution in [1.29, 1.82) is 5.26 Å². The summed E-state index contributed by atoms with van der Waals surface area (Å²) >= 11 is 1.56. The molecule has 16 heavy (non-hydrogen) atoms. The van der Waals surface area contributed by atoms with Gasteiger partial charge in [-0.1, -0.05) is 6.07 Å². The monoisotopic (exact) mass is 231 g/mol. The molecule has 0 atom stereocenters. The van der Waals surface area contributed by atoms with Gasteiger partial charge >= 0.3 is 0 Å². The highest BCUT2D eigenvalue weighted by molar-refractivity contribution is 7.13. The van der Waals surface area contributed by atoms with E-state index in [1.165, 1.54) is 4.68 Å². The van der Waals surface area contributed by atoms with Gasteiger partial charge in [-0.25, -0.2) is 4.68 Å². The highest BCUT2D eigenvalue weighted by Crippen LogP contribution is 2.21. The minimum absolute atomic E-state index is 0.119. The molecule has 0 amide bonds. The molecule has 0 aliphatic rings. The van der Waals surface area contributed by atoms with E-state index in [2.05, 4.69) is 5.10 Å². The predicted octanol–water partition coefficient (Wildman–Crippen LogP) is 1.57. The Labute approximate surface area is 96.4 Å². The van der Waals surface area contributed by atoms with Crippen LogP contribution < -0.4 is 5.56 Å². The van der Waals surface area contributed by atoms with Crippen molar-refractivity contribution in [3.05, 3.63) is 39.5 Å². The molecule has 0 N–H and O–H groups in total. The smallest absolute Gasteiger partial charge is 0.267 e. The van der Waals surface area contributed by atoms with Crippen LogP contribution >= 0.6 is 11.3 Å². The van der Waals surface area contributed by atoms with Crippen molar-refractivity contribution >= 4 is 11.3 Å². The first-order chi connectivity index (χ1) is 7.72. The lowest BCUT2D eigenvalue weighted by Crippen LogP contribution is -2.23. The van der Waals surface area contributed by atoms with Crippen LogP contribution in [0.4, 0.5) is 0 Å². The molecule has 0 fully saturated rings. The fourth-order valence-electron chi connectivity index (χ4n) is 1.43. The van der Waals surface area contributed by atoms with Crippen LogP contribution in [0.25, 0.3) is 10.6 Å². The molecule has 0 aliphatic carbocycles. The number of thiophene rings is 1. The van der Waals surface area contributed by atoms with E-state index in [0.29, 0.717) is 5.56 Å². The lowest BCUT2D eigenvalue weighted by molar-refractivity contribution is 0.703. The molecule has 2 aromatic rings. The molecule has 2 rings (SSSR count). The van der Waals surface area contributed by atoms with Crippen LogP contribution in [0.5, 0.6) is 0 Å². The third-order valence-corrected chi connectivity index (χ3v) is 3.07. The number of nitrogens with zero attached hydrogens (tertiary/aromatic N) is 3. The summed E-state index contributed by atoms with van der Waals surface area (Å²) in [7, 11) is 1.60. The molecule has 0 unspecified atom stereocenters. The number of hydrogen-bond donors (Lipinski definition) is 0.